The first-order valence-corrected chi connectivity index (χ1v) is 8.18. The van der Waals surface area contributed by atoms with E-state index in [2.05, 4.69) is 98.7 Å². The Kier molecular flexibility index (Phi) is 5.13. The minimum atomic E-state index is 0.183. The largest absolute Gasteiger partial charge is 0.0777 e. The molecule has 0 unspecified atom stereocenters. The van der Waals surface area contributed by atoms with Gasteiger partial charge in [-0.15, -0.1) is 0 Å². The van der Waals surface area contributed by atoms with Crippen molar-refractivity contribution in [1.82, 2.24) is 0 Å². The molecule has 0 atom stereocenters. The predicted octanol–water partition coefficient (Wildman–Crippen LogP) is 6.71. The highest BCUT2D eigenvalue weighted by atomic mass is 14.3. The first kappa shape index (κ1) is 18.0. The van der Waals surface area contributed by atoms with E-state index in [-0.39, 0.29) is 16.2 Å². The average Bonchev–Trinajstić information content (AvgIpc) is 2.35. The second kappa shape index (κ2) is 5.99. The smallest absolute Gasteiger partial charge is 0.00806 e. The Morgan fingerprint density at radius 2 is 1.29 bits per heavy atom. The molecule has 0 N–H and O–H groups in total. The molecule has 21 heavy (non-hydrogen) atoms. The Bertz CT molecular complexity index is 476. The highest BCUT2D eigenvalue weighted by Crippen LogP contribution is 2.39. The molecular formula is C21H34. The van der Waals surface area contributed by atoms with Crippen LogP contribution in [0.3, 0.4) is 0 Å². The number of hydrogen-bond donors (Lipinski definition) is 0. The first-order valence-electron chi connectivity index (χ1n) is 8.18. The van der Waals surface area contributed by atoms with Gasteiger partial charge in [0, 0.05) is 0 Å². The van der Waals surface area contributed by atoms with E-state index in [1.807, 2.05) is 0 Å². The van der Waals surface area contributed by atoms with Crippen molar-refractivity contribution in [3.05, 3.63) is 41.5 Å². The minimum absolute atomic E-state index is 0.183. The summed E-state index contributed by atoms with van der Waals surface area (Å²) in [4.78, 5) is 0. The highest BCUT2D eigenvalue weighted by Gasteiger charge is 2.29. The summed E-state index contributed by atoms with van der Waals surface area (Å²) < 4.78 is 0. The molecule has 0 radical (unpaired) electrons. The van der Waals surface area contributed by atoms with Gasteiger partial charge in [0.25, 0.3) is 0 Å². The molecule has 0 aliphatic heterocycles. The zero-order valence-electron chi connectivity index (χ0n) is 15.5. The number of hydrogen-bond acceptors (Lipinski definition) is 0. The minimum Gasteiger partial charge on any atom is -0.0777 e. The summed E-state index contributed by atoms with van der Waals surface area (Å²) >= 11 is 0. The lowest BCUT2D eigenvalue weighted by Crippen LogP contribution is -2.27. The highest BCUT2D eigenvalue weighted by molar-refractivity contribution is 5.51. The normalized spacial score (nSPS) is 14.2. The molecule has 0 aliphatic rings. The summed E-state index contributed by atoms with van der Waals surface area (Å²) in [6, 6.07) is 9.05. The number of rotatable bonds is 4. The Balaban J connectivity index is 2.95. The van der Waals surface area contributed by atoms with E-state index in [0.29, 0.717) is 5.92 Å². The third-order valence-corrected chi connectivity index (χ3v) is 5.72. The summed E-state index contributed by atoms with van der Waals surface area (Å²) in [5.74, 6) is 0.638. The van der Waals surface area contributed by atoms with Gasteiger partial charge in [-0.2, -0.15) is 0 Å². The van der Waals surface area contributed by atoms with Gasteiger partial charge in [-0.25, -0.2) is 0 Å². The van der Waals surface area contributed by atoms with Crippen LogP contribution in [0, 0.1) is 16.7 Å². The maximum atomic E-state index is 2.34. The quantitative estimate of drug-likeness (QED) is 0.577. The Labute approximate surface area is 132 Å². The van der Waals surface area contributed by atoms with Crippen molar-refractivity contribution in [2.24, 2.45) is 16.7 Å². The lowest BCUT2D eigenvalue weighted by Gasteiger charge is -2.36. The molecule has 0 amide bonds. The predicted molar refractivity (Wildman–Crippen MR) is 96.6 cm³/mol. The third-order valence-electron chi connectivity index (χ3n) is 5.72. The maximum Gasteiger partial charge on any atom is -0.00806 e. The molecule has 0 saturated carbocycles. The molecule has 0 bridgehead atoms. The van der Waals surface area contributed by atoms with Crippen LogP contribution in [0.4, 0.5) is 0 Å². The fraction of sp³-hybridized carbons (Fsp3) is 0.619. The van der Waals surface area contributed by atoms with Crippen molar-refractivity contribution >= 4 is 6.08 Å². The lowest BCUT2D eigenvalue weighted by molar-refractivity contribution is 0.194. The van der Waals surface area contributed by atoms with Crippen LogP contribution in [0.15, 0.2) is 30.3 Å². The maximum absolute atomic E-state index is 2.34. The van der Waals surface area contributed by atoms with Crippen molar-refractivity contribution in [3.8, 4) is 0 Å². The van der Waals surface area contributed by atoms with Gasteiger partial charge in [0.2, 0.25) is 0 Å². The standard InChI is InChI=1S/C21H34/c1-16(2)21(8,9)18-12-10-17(11-13-18)14-15-20(6,7)19(3,4)5/h10-16H,1-9H3. The van der Waals surface area contributed by atoms with Gasteiger partial charge in [0.05, 0.1) is 0 Å². The van der Waals surface area contributed by atoms with Crippen LogP contribution in [0.5, 0.6) is 0 Å². The molecule has 1 aromatic carbocycles. The molecule has 0 heteroatoms. The summed E-state index contributed by atoms with van der Waals surface area (Å²) in [5, 5.41) is 0. The zero-order valence-corrected chi connectivity index (χ0v) is 15.5. The molecule has 0 aromatic heterocycles. The summed E-state index contributed by atoms with van der Waals surface area (Å²) in [5.41, 5.74) is 3.39. The molecular weight excluding hydrogens is 252 g/mol. The first-order chi connectivity index (χ1) is 9.38. The van der Waals surface area contributed by atoms with E-state index in [4.69, 9.17) is 0 Å². The van der Waals surface area contributed by atoms with Crippen molar-refractivity contribution < 1.29 is 0 Å². The van der Waals surface area contributed by atoms with Crippen LogP contribution < -0.4 is 0 Å². The van der Waals surface area contributed by atoms with Gasteiger partial charge in [0.1, 0.15) is 0 Å². The molecule has 0 nitrogen and oxygen atoms in total. The molecule has 1 rings (SSSR count). The van der Waals surface area contributed by atoms with Gasteiger partial charge < -0.3 is 0 Å². The molecule has 118 valence electrons. The van der Waals surface area contributed by atoms with Gasteiger partial charge in [-0.1, -0.05) is 98.7 Å². The van der Waals surface area contributed by atoms with E-state index in [0.717, 1.165) is 0 Å². The van der Waals surface area contributed by atoms with Gasteiger partial charge in [0.15, 0.2) is 0 Å². The SMILES string of the molecule is CC(C)C(C)(C)c1ccc(C=CC(C)(C)C(C)(C)C)cc1. The van der Waals surface area contributed by atoms with E-state index < -0.39 is 0 Å². The van der Waals surface area contributed by atoms with Crippen molar-refractivity contribution in [2.75, 3.05) is 0 Å². The lowest BCUT2D eigenvalue weighted by atomic mass is 9.69. The van der Waals surface area contributed by atoms with Crippen LogP contribution in [0.1, 0.15) is 73.4 Å². The van der Waals surface area contributed by atoms with Crippen molar-refractivity contribution in [1.29, 1.82) is 0 Å². The summed E-state index contributed by atoms with van der Waals surface area (Å²) in [6.45, 7) is 20.7. The van der Waals surface area contributed by atoms with E-state index in [1.165, 1.54) is 11.1 Å². The van der Waals surface area contributed by atoms with Crippen molar-refractivity contribution in [3.63, 3.8) is 0 Å². The van der Waals surface area contributed by atoms with Crippen LogP contribution in [-0.2, 0) is 5.41 Å². The fourth-order valence-corrected chi connectivity index (χ4v) is 1.91. The molecule has 0 heterocycles. The van der Waals surface area contributed by atoms with Gasteiger partial charge in [-0.05, 0) is 33.3 Å². The second-order valence-electron chi connectivity index (χ2n) is 8.80. The topological polar surface area (TPSA) is 0 Å². The summed E-state index contributed by atoms with van der Waals surface area (Å²) in [7, 11) is 0. The van der Waals surface area contributed by atoms with Gasteiger partial charge >= 0.3 is 0 Å². The second-order valence-corrected chi connectivity index (χ2v) is 8.80. The van der Waals surface area contributed by atoms with Crippen LogP contribution in [0.2, 0.25) is 0 Å². The monoisotopic (exact) mass is 286 g/mol. The van der Waals surface area contributed by atoms with Crippen LogP contribution in [-0.4, -0.2) is 0 Å². The Morgan fingerprint density at radius 3 is 1.67 bits per heavy atom. The van der Waals surface area contributed by atoms with Crippen LogP contribution >= 0.6 is 0 Å². The molecule has 0 aliphatic carbocycles. The average molecular weight is 287 g/mol. The third kappa shape index (κ3) is 4.22. The van der Waals surface area contributed by atoms with E-state index >= 15 is 0 Å². The number of benzene rings is 1. The molecule has 0 saturated heterocycles. The van der Waals surface area contributed by atoms with E-state index in [9.17, 15) is 0 Å². The Hall–Kier alpha value is -1.04. The van der Waals surface area contributed by atoms with Crippen molar-refractivity contribution in [2.45, 2.75) is 67.7 Å². The number of allylic oxidation sites excluding steroid dienone is 1. The fourth-order valence-electron chi connectivity index (χ4n) is 1.91. The Morgan fingerprint density at radius 1 is 0.810 bits per heavy atom. The summed E-state index contributed by atoms with van der Waals surface area (Å²) in [6.07, 6.45) is 4.60. The molecule has 0 fully saturated rings. The molecule has 1 aromatic rings. The zero-order chi connectivity index (χ0) is 16.5. The van der Waals surface area contributed by atoms with E-state index in [1.54, 1.807) is 0 Å². The van der Waals surface area contributed by atoms with Crippen LogP contribution in [0.25, 0.3) is 6.08 Å². The molecule has 0 spiro atoms. The van der Waals surface area contributed by atoms with Gasteiger partial charge in [-0.3, -0.25) is 0 Å².